The zero-order valence-corrected chi connectivity index (χ0v) is 14.7. The van der Waals surface area contributed by atoms with E-state index in [1.54, 1.807) is 5.57 Å². The standard InChI is InChI=1S/C20H34O/c1-14(2)20-11-7-6-8-16(20)19(5)12-10-17(21)18(3,4)15(19)9-13-20/h8,14-15,17,21H,6-7,9-13H2,1-5H3/t15?,17?,19-,20?/m0/s1. The summed E-state index contributed by atoms with van der Waals surface area (Å²) in [5, 5.41) is 10.5. The van der Waals surface area contributed by atoms with Gasteiger partial charge in [0.1, 0.15) is 0 Å². The summed E-state index contributed by atoms with van der Waals surface area (Å²) in [4.78, 5) is 0. The van der Waals surface area contributed by atoms with Crippen molar-refractivity contribution >= 4 is 0 Å². The van der Waals surface area contributed by atoms with Crippen molar-refractivity contribution in [2.24, 2.45) is 28.1 Å². The fraction of sp³-hybridized carbons (Fsp3) is 0.900. The van der Waals surface area contributed by atoms with E-state index in [9.17, 15) is 5.11 Å². The van der Waals surface area contributed by atoms with Crippen molar-refractivity contribution in [2.45, 2.75) is 85.7 Å². The quantitative estimate of drug-likeness (QED) is 0.647. The second kappa shape index (κ2) is 4.85. The van der Waals surface area contributed by atoms with E-state index in [0.717, 1.165) is 12.3 Å². The molecule has 1 heteroatoms. The van der Waals surface area contributed by atoms with E-state index in [-0.39, 0.29) is 11.5 Å². The van der Waals surface area contributed by atoms with Crippen molar-refractivity contribution in [1.82, 2.24) is 0 Å². The van der Waals surface area contributed by atoms with Crippen LogP contribution in [0.2, 0.25) is 0 Å². The molecule has 4 atom stereocenters. The fourth-order valence-electron chi connectivity index (χ4n) is 6.40. The Kier molecular flexibility index (Phi) is 3.60. The molecule has 0 radical (unpaired) electrons. The molecule has 1 nitrogen and oxygen atoms in total. The maximum atomic E-state index is 10.5. The average Bonchev–Trinajstić information content (AvgIpc) is 2.43. The predicted molar refractivity (Wildman–Crippen MR) is 89.1 cm³/mol. The second-order valence-electron chi connectivity index (χ2n) is 9.21. The third-order valence-corrected chi connectivity index (χ3v) is 7.77. The summed E-state index contributed by atoms with van der Waals surface area (Å²) < 4.78 is 0. The van der Waals surface area contributed by atoms with Crippen LogP contribution < -0.4 is 0 Å². The van der Waals surface area contributed by atoms with Gasteiger partial charge >= 0.3 is 0 Å². The van der Waals surface area contributed by atoms with Crippen molar-refractivity contribution in [3.05, 3.63) is 11.6 Å². The molecule has 0 aromatic heterocycles. The zero-order valence-electron chi connectivity index (χ0n) is 14.7. The topological polar surface area (TPSA) is 20.2 Å². The largest absolute Gasteiger partial charge is 0.393 e. The highest BCUT2D eigenvalue weighted by atomic mass is 16.3. The minimum Gasteiger partial charge on any atom is -0.393 e. The van der Waals surface area contributed by atoms with Gasteiger partial charge in [-0.2, -0.15) is 0 Å². The average molecular weight is 290 g/mol. The lowest BCUT2D eigenvalue weighted by Crippen LogP contribution is -2.56. The van der Waals surface area contributed by atoms with E-state index in [1.165, 1.54) is 38.5 Å². The number of rotatable bonds is 1. The summed E-state index contributed by atoms with van der Waals surface area (Å²) in [5.41, 5.74) is 2.63. The molecule has 3 aliphatic carbocycles. The molecular formula is C20H34O. The number of hydrogen-bond acceptors (Lipinski definition) is 1. The van der Waals surface area contributed by atoms with Gasteiger partial charge in [0.05, 0.1) is 6.10 Å². The summed E-state index contributed by atoms with van der Waals surface area (Å²) in [6.07, 6.45) is 11.3. The van der Waals surface area contributed by atoms with Crippen LogP contribution in [0, 0.1) is 28.1 Å². The Hall–Kier alpha value is -0.300. The number of hydrogen-bond donors (Lipinski definition) is 1. The van der Waals surface area contributed by atoms with E-state index in [1.807, 2.05) is 0 Å². The molecule has 2 saturated carbocycles. The van der Waals surface area contributed by atoms with E-state index in [4.69, 9.17) is 0 Å². The lowest BCUT2D eigenvalue weighted by atomic mass is 9.42. The molecule has 0 aromatic rings. The second-order valence-corrected chi connectivity index (χ2v) is 9.21. The van der Waals surface area contributed by atoms with Gasteiger partial charge in [-0.05, 0) is 73.0 Å². The third kappa shape index (κ3) is 1.99. The Morgan fingerprint density at radius 3 is 2.48 bits per heavy atom. The first-order chi connectivity index (χ1) is 9.75. The van der Waals surface area contributed by atoms with Crippen LogP contribution in [-0.4, -0.2) is 11.2 Å². The summed E-state index contributed by atoms with van der Waals surface area (Å²) in [5.74, 6) is 1.39. The van der Waals surface area contributed by atoms with Gasteiger partial charge in [0.25, 0.3) is 0 Å². The van der Waals surface area contributed by atoms with Crippen LogP contribution >= 0.6 is 0 Å². The van der Waals surface area contributed by atoms with E-state index < -0.39 is 0 Å². The van der Waals surface area contributed by atoms with Crippen LogP contribution in [0.15, 0.2) is 11.6 Å². The minimum absolute atomic E-state index is 0.0639. The zero-order chi connectivity index (χ0) is 15.5. The van der Waals surface area contributed by atoms with Gasteiger partial charge in [-0.25, -0.2) is 0 Å². The molecule has 3 rings (SSSR count). The summed E-state index contributed by atoms with van der Waals surface area (Å²) in [6.45, 7) is 12.0. The molecule has 1 N–H and O–H groups in total. The van der Waals surface area contributed by atoms with Crippen LogP contribution in [0.4, 0.5) is 0 Å². The van der Waals surface area contributed by atoms with Gasteiger partial charge in [-0.3, -0.25) is 0 Å². The van der Waals surface area contributed by atoms with E-state index >= 15 is 0 Å². The van der Waals surface area contributed by atoms with E-state index in [0.29, 0.717) is 16.7 Å². The summed E-state index contributed by atoms with van der Waals surface area (Å²) in [7, 11) is 0. The molecule has 120 valence electrons. The molecule has 0 amide bonds. The molecule has 0 aromatic carbocycles. The Morgan fingerprint density at radius 2 is 1.81 bits per heavy atom. The molecular weight excluding hydrogens is 256 g/mol. The van der Waals surface area contributed by atoms with Crippen molar-refractivity contribution in [3.63, 3.8) is 0 Å². The van der Waals surface area contributed by atoms with Crippen LogP contribution in [0.5, 0.6) is 0 Å². The molecule has 0 bridgehead atoms. The molecule has 0 heterocycles. The van der Waals surface area contributed by atoms with Gasteiger partial charge in [-0.15, -0.1) is 0 Å². The van der Waals surface area contributed by atoms with E-state index in [2.05, 4.69) is 40.7 Å². The van der Waals surface area contributed by atoms with Gasteiger partial charge < -0.3 is 5.11 Å². The first kappa shape index (κ1) is 15.6. The van der Waals surface area contributed by atoms with Crippen molar-refractivity contribution in [3.8, 4) is 0 Å². The molecule has 0 saturated heterocycles. The molecule has 0 aliphatic heterocycles. The Balaban J connectivity index is 2.07. The van der Waals surface area contributed by atoms with Crippen LogP contribution in [-0.2, 0) is 0 Å². The normalized spacial score (nSPS) is 45.8. The predicted octanol–water partition coefficient (Wildman–Crippen LogP) is 5.34. The smallest absolute Gasteiger partial charge is 0.0594 e. The van der Waals surface area contributed by atoms with Crippen molar-refractivity contribution in [2.75, 3.05) is 0 Å². The number of aliphatic hydroxyl groups excluding tert-OH is 1. The monoisotopic (exact) mass is 290 g/mol. The number of fused-ring (bicyclic) bond motifs is 3. The fourth-order valence-corrected chi connectivity index (χ4v) is 6.40. The minimum atomic E-state index is -0.119. The van der Waals surface area contributed by atoms with Crippen LogP contribution in [0.3, 0.4) is 0 Å². The SMILES string of the molecule is CC(C)C12CCCC=C1[C@@]1(C)CCC(O)C(C)(C)C1CC2. The molecule has 0 spiro atoms. The van der Waals surface area contributed by atoms with Gasteiger partial charge in [0.15, 0.2) is 0 Å². The summed E-state index contributed by atoms with van der Waals surface area (Å²) >= 11 is 0. The maximum absolute atomic E-state index is 10.5. The lowest BCUT2D eigenvalue weighted by Gasteiger charge is -2.63. The Bertz CT molecular complexity index is 447. The van der Waals surface area contributed by atoms with Crippen molar-refractivity contribution < 1.29 is 5.11 Å². The highest BCUT2D eigenvalue weighted by Gasteiger charge is 2.59. The molecule has 21 heavy (non-hydrogen) atoms. The van der Waals surface area contributed by atoms with Gasteiger partial charge in [0.2, 0.25) is 0 Å². The first-order valence-corrected chi connectivity index (χ1v) is 9.14. The Morgan fingerprint density at radius 1 is 1.10 bits per heavy atom. The van der Waals surface area contributed by atoms with Gasteiger partial charge in [-0.1, -0.05) is 46.3 Å². The highest BCUT2D eigenvalue weighted by molar-refractivity contribution is 5.31. The molecule has 2 fully saturated rings. The lowest BCUT2D eigenvalue weighted by molar-refractivity contribution is -0.114. The highest BCUT2D eigenvalue weighted by Crippen LogP contribution is 2.67. The molecule has 3 aliphatic rings. The van der Waals surface area contributed by atoms with Crippen molar-refractivity contribution in [1.29, 1.82) is 0 Å². The summed E-state index contributed by atoms with van der Waals surface area (Å²) in [6, 6.07) is 0. The maximum Gasteiger partial charge on any atom is 0.0594 e. The first-order valence-electron chi connectivity index (χ1n) is 9.14. The number of allylic oxidation sites excluding steroid dienone is 2. The van der Waals surface area contributed by atoms with Crippen LogP contribution in [0.1, 0.15) is 79.6 Å². The third-order valence-electron chi connectivity index (χ3n) is 7.77. The van der Waals surface area contributed by atoms with Crippen LogP contribution in [0.25, 0.3) is 0 Å². The molecule has 3 unspecified atom stereocenters. The number of aliphatic hydroxyl groups is 1. The Labute approximate surface area is 131 Å². The van der Waals surface area contributed by atoms with Gasteiger partial charge in [0, 0.05) is 0 Å².